The molecule has 0 aliphatic rings. The third-order valence-electron chi connectivity index (χ3n) is 3.74. The standard InChI is InChI=1S/C17H18N8O3/c18-13(26)4-5-21-17(28)24-11-3-1-2-10(8-11)23-16(27)12-9-22-25-7-6-20-15(19)14(12)25/h1-3,6-9H,4-5H2,(H2,18,26)(H2,19,20)(H,23,27)(H2,21,24,28). The predicted octanol–water partition coefficient (Wildman–Crippen LogP) is 0.561. The molecule has 144 valence electrons. The molecule has 3 rings (SSSR count). The monoisotopic (exact) mass is 382 g/mol. The molecule has 0 spiro atoms. The fraction of sp³-hybridized carbons (Fsp3) is 0.118. The van der Waals surface area contributed by atoms with E-state index in [-0.39, 0.29) is 24.3 Å². The highest BCUT2D eigenvalue weighted by molar-refractivity contribution is 6.10. The number of nitrogens with zero attached hydrogens (tertiary/aromatic N) is 3. The Morgan fingerprint density at radius 2 is 1.89 bits per heavy atom. The van der Waals surface area contributed by atoms with E-state index in [1.807, 2.05) is 0 Å². The third-order valence-corrected chi connectivity index (χ3v) is 3.74. The molecule has 2 aromatic heterocycles. The molecule has 7 N–H and O–H groups in total. The Bertz CT molecular complexity index is 1050. The van der Waals surface area contributed by atoms with E-state index >= 15 is 0 Å². The van der Waals surface area contributed by atoms with E-state index in [2.05, 4.69) is 26.0 Å². The van der Waals surface area contributed by atoms with E-state index in [1.165, 1.54) is 16.9 Å². The molecule has 2 heterocycles. The molecular formula is C17H18N8O3. The van der Waals surface area contributed by atoms with Crippen LogP contribution in [0.1, 0.15) is 16.8 Å². The van der Waals surface area contributed by atoms with Gasteiger partial charge in [0.1, 0.15) is 11.3 Å². The second-order valence-corrected chi connectivity index (χ2v) is 5.80. The first-order chi connectivity index (χ1) is 13.4. The Hall–Kier alpha value is -4.15. The van der Waals surface area contributed by atoms with Crippen LogP contribution in [0.3, 0.4) is 0 Å². The lowest BCUT2D eigenvalue weighted by atomic mass is 10.2. The lowest BCUT2D eigenvalue weighted by Gasteiger charge is -2.09. The summed E-state index contributed by atoms with van der Waals surface area (Å²) in [4.78, 5) is 39.0. The number of carbonyl (C=O) groups excluding carboxylic acids is 3. The number of nitrogens with one attached hydrogen (secondary N) is 3. The Morgan fingerprint density at radius 3 is 2.64 bits per heavy atom. The zero-order valence-electron chi connectivity index (χ0n) is 14.7. The smallest absolute Gasteiger partial charge is 0.319 e. The highest BCUT2D eigenvalue weighted by Crippen LogP contribution is 2.19. The molecule has 3 aromatic rings. The Morgan fingerprint density at radius 1 is 1.14 bits per heavy atom. The van der Waals surface area contributed by atoms with Gasteiger partial charge in [-0.05, 0) is 18.2 Å². The lowest BCUT2D eigenvalue weighted by molar-refractivity contribution is -0.117. The van der Waals surface area contributed by atoms with Gasteiger partial charge in [0.2, 0.25) is 5.91 Å². The lowest BCUT2D eigenvalue weighted by Crippen LogP contribution is -2.31. The fourth-order valence-electron chi connectivity index (χ4n) is 2.48. The molecule has 0 aliphatic carbocycles. The maximum atomic E-state index is 12.6. The van der Waals surface area contributed by atoms with Gasteiger partial charge < -0.3 is 27.4 Å². The fourth-order valence-corrected chi connectivity index (χ4v) is 2.48. The van der Waals surface area contributed by atoms with E-state index in [4.69, 9.17) is 11.5 Å². The summed E-state index contributed by atoms with van der Waals surface area (Å²) in [7, 11) is 0. The van der Waals surface area contributed by atoms with Crippen molar-refractivity contribution in [1.29, 1.82) is 0 Å². The third kappa shape index (κ3) is 4.33. The van der Waals surface area contributed by atoms with E-state index in [0.29, 0.717) is 16.9 Å². The van der Waals surface area contributed by atoms with Crippen molar-refractivity contribution in [2.45, 2.75) is 6.42 Å². The number of hydrogen-bond acceptors (Lipinski definition) is 6. The molecule has 0 aliphatic heterocycles. The summed E-state index contributed by atoms with van der Waals surface area (Å²) < 4.78 is 1.46. The molecule has 0 fully saturated rings. The molecule has 0 radical (unpaired) electrons. The zero-order valence-corrected chi connectivity index (χ0v) is 14.7. The maximum Gasteiger partial charge on any atom is 0.319 e. The summed E-state index contributed by atoms with van der Waals surface area (Å²) in [6.45, 7) is 0.127. The van der Waals surface area contributed by atoms with Gasteiger partial charge in [-0.25, -0.2) is 14.3 Å². The number of primary amides is 1. The van der Waals surface area contributed by atoms with Crippen LogP contribution in [0.4, 0.5) is 22.0 Å². The molecule has 11 nitrogen and oxygen atoms in total. The van der Waals surface area contributed by atoms with Crippen LogP contribution >= 0.6 is 0 Å². The van der Waals surface area contributed by atoms with Crippen LogP contribution in [0.15, 0.2) is 42.9 Å². The minimum Gasteiger partial charge on any atom is -0.382 e. The van der Waals surface area contributed by atoms with Crippen LogP contribution in [0, 0.1) is 0 Å². The van der Waals surface area contributed by atoms with Gasteiger partial charge in [-0.3, -0.25) is 9.59 Å². The molecule has 0 unspecified atom stereocenters. The maximum absolute atomic E-state index is 12.6. The normalized spacial score (nSPS) is 10.4. The summed E-state index contributed by atoms with van der Waals surface area (Å²) in [5, 5.41) is 11.9. The van der Waals surface area contributed by atoms with Crippen LogP contribution < -0.4 is 27.4 Å². The molecule has 0 atom stereocenters. The van der Waals surface area contributed by atoms with Crippen LogP contribution in [-0.2, 0) is 4.79 Å². The van der Waals surface area contributed by atoms with E-state index in [1.54, 1.807) is 30.5 Å². The highest BCUT2D eigenvalue weighted by atomic mass is 16.2. The number of hydrogen-bond donors (Lipinski definition) is 5. The first-order valence-electron chi connectivity index (χ1n) is 8.26. The molecular weight excluding hydrogens is 364 g/mol. The van der Waals surface area contributed by atoms with Crippen molar-refractivity contribution < 1.29 is 14.4 Å². The quantitative estimate of drug-likeness (QED) is 0.417. The number of aromatic nitrogens is 3. The number of anilines is 3. The van der Waals surface area contributed by atoms with Gasteiger partial charge in [0.15, 0.2) is 0 Å². The number of amides is 4. The molecule has 28 heavy (non-hydrogen) atoms. The second-order valence-electron chi connectivity index (χ2n) is 5.80. The van der Waals surface area contributed by atoms with Crippen LogP contribution in [0.5, 0.6) is 0 Å². The van der Waals surface area contributed by atoms with Crippen molar-refractivity contribution in [2.24, 2.45) is 5.73 Å². The Balaban J connectivity index is 1.68. The van der Waals surface area contributed by atoms with Gasteiger partial charge in [-0.2, -0.15) is 5.10 Å². The second kappa shape index (κ2) is 8.03. The van der Waals surface area contributed by atoms with Crippen LogP contribution in [-0.4, -0.2) is 39.0 Å². The molecule has 0 saturated carbocycles. The average molecular weight is 382 g/mol. The first-order valence-corrected chi connectivity index (χ1v) is 8.26. The number of nitrogen functional groups attached to an aromatic ring is 1. The van der Waals surface area contributed by atoms with Gasteiger partial charge in [0.25, 0.3) is 5.91 Å². The van der Waals surface area contributed by atoms with Gasteiger partial charge in [0.05, 0.1) is 11.8 Å². The molecule has 4 amide bonds. The van der Waals surface area contributed by atoms with Crippen molar-refractivity contribution in [2.75, 3.05) is 22.9 Å². The van der Waals surface area contributed by atoms with Crippen molar-refractivity contribution >= 4 is 40.6 Å². The SMILES string of the molecule is NC(=O)CCNC(=O)Nc1cccc(NC(=O)c2cnn3ccnc(N)c23)c1. The highest BCUT2D eigenvalue weighted by Gasteiger charge is 2.16. The van der Waals surface area contributed by atoms with E-state index in [0.717, 1.165) is 0 Å². The predicted molar refractivity (Wildman–Crippen MR) is 103 cm³/mol. The summed E-state index contributed by atoms with van der Waals surface area (Å²) in [5.74, 6) is -0.737. The van der Waals surface area contributed by atoms with Crippen molar-refractivity contribution in [1.82, 2.24) is 19.9 Å². The topological polar surface area (TPSA) is 170 Å². The first kappa shape index (κ1) is 18.6. The molecule has 0 bridgehead atoms. The van der Waals surface area contributed by atoms with Crippen molar-refractivity contribution in [3.8, 4) is 0 Å². The van der Waals surface area contributed by atoms with Crippen molar-refractivity contribution in [3.05, 3.63) is 48.4 Å². The van der Waals surface area contributed by atoms with Crippen molar-refractivity contribution in [3.63, 3.8) is 0 Å². The van der Waals surface area contributed by atoms with E-state index < -0.39 is 17.8 Å². The summed E-state index contributed by atoms with van der Waals surface area (Å²) in [5.41, 5.74) is 12.4. The number of carbonyl (C=O) groups is 3. The van der Waals surface area contributed by atoms with Gasteiger partial charge in [-0.1, -0.05) is 6.07 Å². The minimum atomic E-state index is -0.506. The number of benzene rings is 1. The molecule has 1 aromatic carbocycles. The van der Waals surface area contributed by atoms with Gasteiger partial charge >= 0.3 is 6.03 Å². The number of nitrogens with two attached hydrogens (primary N) is 2. The van der Waals surface area contributed by atoms with Gasteiger partial charge in [-0.15, -0.1) is 0 Å². The molecule has 11 heteroatoms. The Kier molecular flexibility index (Phi) is 5.35. The summed E-state index contributed by atoms with van der Waals surface area (Å²) in [6, 6.07) is 6.08. The zero-order chi connectivity index (χ0) is 20.1. The van der Waals surface area contributed by atoms with Crippen LogP contribution in [0.25, 0.3) is 5.52 Å². The van der Waals surface area contributed by atoms with E-state index in [9.17, 15) is 14.4 Å². The minimum absolute atomic E-state index is 0.0428. The van der Waals surface area contributed by atoms with Gasteiger partial charge in [0, 0.05) is 36.7 Å². The van der Waals surface area contributed by atoms with Crippen LogP contribution in [0.2, 0.25) is 0 Å². The number of rotatable bonds is 6. The molecule has 0 saturated heterocycles. The Labute approximate surface area is 159 Å². The largest absolute Gasteiger partial charge is 0.382 e. The number of fused-ring (bicyclic) bond motifs is 1. The summed E-state index contributed by atoms with van der Waals surface area (Å²) >= 11 is 0. The average Bonchev–Trinajstić information content (AvgIpc) is 3.07. The number of urea groups is 1. The summed E-state index contributed by atoms with van der Waals surface area (Å²) in [6.07, 6.45) is 4.52.